The molecule has 1 aromatic heterocycles. The van der Waals surface area contributed by atoms with E-state index in [0.717, 1.165) is 66.3 Å². The van der Waals surface area contributed by atoms with E-state index in [1.807, 2.05) is 30.3 Å². The normalized spacial score (nSPS) is 19.4. The summed E-state index contributed by atoms with van der Waals surface area (Å²) in [5.74, 6) is -0.457. The van der Waals surface area contributed by atoms with Crippen molar-refractivity contribution < 1.29 is 34.0 Å². The Kier molecular flexibility index (Phi) is 6.71. The molecule has 11 heteroatoms. The highest BCUT2D eigenvalue weighted by molar-refractivity contribution is 6.04. The number of hydroxylamine groups is 1. The van der Waals surface area contributed by atoms with E-state index in [1.54, 1.807) is 29.6 Å². The molecule has 0 saturated carbocycles. The van der Waals surface area contributed by atoms with E-state index in [2.05, 4.69) is 4.57 Å². The number of quaternary nitrogens is 1. The summed E-state index contributed by atoms with van der Waals surface area (Å²) in [5.41, 5.74) is 5.78. The maximum Gasteiger partial charge on any atom is 0.326 e. The molecule has 3 aliphatic heterocycles. The number of likely N-dealkylation sites (N-methyl/N-ethyl adjacent to an activating group) is 1. The molecule has 2 saturated heterocycles. The molecule has 0 aliphatic carbocycles. The molecule has 6 rings (SSSR count). The summed E-state index contributed by atoms with van der Waals surface area (Å²) in [5, 5.41) is 9.87. The van der Waals surface area contributed by atoms with Crippen LogP contribution in [0.5, 0.6) is 5.75 Å². The van der Waals surface area contributed by atoms with Crippen LogP contribution in [0.25, 0.3) is 10.9 Å². The number of carbonyl (C=O) groups is 3. The number of aromatic nitrogens is 1. The number of ether oxygens (including phenoxy) is 2. The predicted molar refractivity (Wildman–Crippen MR) is 140 cm³/mol. The molecule has 2 aromatic carbocycles. The number of morpholine rings is 1. The van der Waals surface area contributed by atoms with Crippen LogP contribution < -0.4 is 15.1 Å². The Balaban J connectivity index is 1.35. The number of nitrogens with one attached hydrogen (secondary N) is 2. The summed E-state index contributed by atoms with van der Waals surface area (Å²) in [6.07, 6.45) is 0. The topological polar surface area (TPSA) is 118 Å². The number of hydrogen-bond acceptors (Lipinski definition) is 6. The van der Waals surface area contributed by atoms with Crippen LogP contribution in [0.2, 0.25) is 0 Å². The molecule has 0 radical (unpaired) electrons. The van der Waals surface area contributed by atoms with Gasteiger partial charge >= 0.3 is 6.03 Å². The predicted octanol–water partition coefficient (Wildman–Crippen LogP) is 0.594. The third kappa shape index (κ3) is 4.62. The second-order valence-electron chi connectivity index (χ2n) is 10.3. The lowest BCUT2D eigenvalue weighted by molar-refractivity contribution is -0.908. The molecule has 1 unspecified atom stereocenters. The average molecular weight is 535 g/mol. The molecule has 4 amide bonds. The standard InChI is InChI=1S/C28H31N5O6/c1-30-27(35)22-16-32(28(30)36)17-24-25(22)21-14-20(39-13-10-31-8-11-38-12-9-31)6-7-23(21)33(24)15-18-2-4-19(5-3-18)26(34)29-37/h2-7,14,22,37H,8-13,15-17H2,1H3,(H,29,34)/p+1. The van der Waals surface area contributed by atoms with Crippen LogP contribution in [-0.2, 0) is 22.6 Å². The lowest BCUT2D eigenvalue weighted by Crippen LogP contribution is -3.14. The van der Waals surface area contributed by atoms with Gasteiger partial charge in [0.15, 0.2) is 0 Å². The van der Waals surface area contributed by atoms with E-state index in [0.29, 0.717) is 31.8 Å². The van der Waals surface area contributed by atoms with Gasteiger partial charge in [-0.2, -0.15) is 0 Å². The number of rotatable bonds is 7. The molecule has 3 N–H and O–H groups in total. The van der Waals surface area contributed by atoms with Crippen LogP contribution in [-0.4, -0.2) is 90.5 Å². The molecule has 0 spiro atoms. The van der Waals surface area contributed by atoms with Crippen LogP contribution in [0.15, 0.2) is 42.5 Å². The molecular weight excluding hydrogens is 502 g/mol. The van der Waals surface area contributed by atoms with Crippen LogP contribution >= 0.6 is 0 Å². The van der Waals surface area contributed by atoms with Gasteiger partial charge in [-0.05, 0) is 41.5 Å². The minimum atomic E-state index is -0.574. The monoisotopic (exact) mass is 534 g/mol. The molecule has 3 aromatic rings. The fourth-order valence-corrected chi connectivity index (χ4v) is 5.92. The van der Waals surface area contributed by atoms with Gasteiger partial charge in [-0.25, -0.2) is 10.3 Å². The van der Waals surface area contributed by atoms with E-state index in [4.69, 9.17) is 14.7 Å². The van der Waals surface area contributed by atoms with Crippen molar-refractivity contribution in [3.8, 4) is 5.75 Å². The fourth-order valence-electron chi connectivity index (χ4n) is 5.92. The summed E-state index contributed by atoms with van der Waals surface area (Å²) in [6.45, 7) is 6.27. The van der Waals surface area contributed by atoms with Crippen molar-refractivity contribution in [2.45, 2.75) is 19.0 Å². The third-order valence-electron chi connectivity index (χ3n) is 8.05. The average Bonchev–Trinajstić information content (AvgIpc) is 3.27. The van der Waals surface area contributed by atoms with Crippen LogP contribution in [0, 0.1) is 0 Å². The van der Waals surface area contributed by atoms with Gasteiger partial charge in [0.25, 0.3) is 5.91 Å². The zero-order chi connectivity index (χ0) is 27.1. The van der Waals surface area contributed by atoms with Gasteiger partial charge in [-0.1, -0.05) is 12.1 Å². The molecule has 4 heterocycles. The quantitative estimate of drug-likeness (QED) is 0.302. The maximum atomic E-state index is 13.2. The third-order valence-corrected chi connectivity index (χ3v) is 8.05. The van der Waals surface area contributed by atoms with Crippen LogP contribution in [0.3, 0.4) is 0 Å². The molecule has 204 valence electrons. The molecule has 39 heavy (non-hydrogen) atoms. The van der Waals surface area contributed by atoms with Crippen molar-refractivity contribution in [3.05, 3.63) is 64.8 Å². The fraction of sp³-hybridized carbons (Fsp3) is 0.393. The first kappa shape index (κ1) is 25.4. The van der Waals surface area contributed by atoms with Crippen molar-refractivity contribution in [1.82, 2.24) is 19.8 Å². The molecule has 3 aliphatic rings. The number of benzene rings is 2. The van der Waals surface area contributed by atoms with E-state index < -0.39 is 11.8 Å². The van der Waals surface area contributed by atoms with Crippen LogP contribution in [0.1, 0.15) is 33.1 Å². The molecule has 1 atom stereocenters. The zero-order valence-corrected chi connectivity index (χ0v) is 21.8. The smallest absolute Gasteiger partial charge is 0.326 e. The number of nitrogens with zero attached hydrogens (tertiary/aromatic N) is 3. The first-order chi connectivity index (χ1) is 18.9. The van der Waals surface area contributed by atoms with Gasteiger partial charge in [0.1, 0.15) is 32.0 Å². The van der Waals surface area contributed by atoms with Gasteiger partial charge in [0.2, 0.25) is 5.91 Å². The highest BCUT2D eigenvalue weighted by Crippen LogP contribution is 2.41. The Morgan fingerprint density at radius 1 is 1.15 bits per heavy atom. The lowest BCUT2D eigenvalue weighted by atomic mass is 9.89. The summed E-state index contributed by atoms with van der Waals surface area (Å²) >= 11 is 0. The Bertz CT molecular complexity index is 1430. The summed E-state index contributed by atoms with van der Waals surface area (Å²) in [7, 11) is 1.54. The Morgan fingerprint density at radius 2 is 1.92 bits per heavy atom. The van der Waals surface area contributed by atoms with Crippen molar-refractivity contribution in [2.24, 2.45) is 0 Å². The minimum absolute atomic E-state index is 0.196. The Morgan fingerprint density at radius 3 is 2.67 bits per heavy atom. The molecular formula is C28H32N5O6+. The van der Waals surface area contributed by atoms with E-state index >= 15 is 0 Å². The van der Waals surface area contributed by atoms with Gasteiger partial charge in [0.05, 0.1) is 25.7 Å². The molecule has 11 nitrogen and oxygen atoms in total. The van der Waals surface area contributed by atoms with Gasteiger partial charge in [0, 0.05) is 42.3 Å². The van der Waals surface area contributed by atoms with Gasteiger partial charge in [-0.3, -0.25) is 19.7 Å². The highest BCUT2D eigenvalue weighted by Gasteiger charge is 2.44. The SMILES string of the molecule is CN1C(=O)C2CN(Cc3c2c2cc(OCC[NH+]4CCOCC4)ccc2n3Cc2ccc(C(=O)NO)cc2)C1=O. The van der Waals surface area contributed by atoms with Gasteiger partial charge in [-0.15, -0.1) is 0 Å². The highest BCUT2D eigenvalue weighted by atomic mass is 16.5. The number of imide groups is 1. The van der Waals surface area contributed by atoms with Crippen molar-refractivity contribution in [1.29, 1.82) is 0 Å². The number of urea groups is 1. The minimum Gasteiger partial charge on any atom is -0.488 e. The number of fused-ring (bicyclic) bond motifs is 6. The largest absolute Gasteiger partial charge is 0.488 e. The number of hydrogen-bond donors (Lipinski definition) is 3. The Labute approximate surface area is 225 Å². The second kappa shape index (κ2) is 10.3. The van der Waals surface area contributed by atoms with Gasteiger partial charge < -0.3 is 23.8 Å². The second-order valence-corrected chi connectivity index (χ2v) is 10.3. The maximum absolute atomic E-state index is 13.2. The first-order valence-corrected chi connectivity index (χ1v) is 13.2. The molecule has 2 fully saturated rings. The van der Waals surface area contributed by atoms with E-state index in [-0.39, 0.29) is 11.9 Å². The molecule has 2 bridgehead atoms. The van der Waals surface area contributed by atoms with Crippen LogP contribution in [0.4, 0.5) is 4.79 Å². The van der Waals surface area contributed by atoms with Crippen molar-refractivity contribution in [3.63, 3.8) is 0 Å². The van der Waals surface area contributed by atoms with E-state index in [1.165, 1.54) is 9.80 Å². The zero-order valence-electron chi connectivity index (χ0n) is 21.8. The summed E-state index contributed by atoms with van der Waals surface area (Å²) in [6, 6.07) is 12.7. The van der Waals surface area contributed by atoms with Crippen molar-refractivity contribution in [2.75, 3.05) is 53.0 Å². The van der Waals surface area contributed by atoms with Crippen molar-refractivity contribution >= 4 is 28.7 Å². The number of carbonyl (C=O) groups excluding carboxylic acids is 3. The Hall–Kier alpha value is -3.93. The summed E-state index contributed by atoms with van der Waals surface area (Å²) < 4.78 is 13.8. The van der Waals surface area contributed by atoms with E-state index in [9.17, 15) is 14.4 Å². The first-order valence-electron chi connectivity index (χ1n) is 13.2. The number of amides is 4. The summed E-state index contributed by atoms with van der Waals surface area (Å²) in [4.78, 5) is 42.2. The lowest BCUT2D eigenvalue weighted by Gasteiger charge is -2.41.